The molecule has 7 rings (SSSR count). The average Bonchev–Trinajstić information content (AvgIpc) is 3.21. The molecule has 1 amide bonds. The van der Waals surface area contributed by atoms with Crippen LogP contribution in [0.2, 0.25) is 0 Å². The fourth-order valence-electron chi connectivity index (χ4n) is 7.15. The van der Waals surface area contributed by atoms with Gasteiger partial charge in [-0.25, -0.2) is 9.78 Å². The van der Waals surface area contributed by atoms with E-state index < -0.39 is 11.7 Å². The summed E-state index contributed by atoms with van der Waals surface area (Å²) in [5.41, 5.74) is 1.61. The lowest BCUT2D eigenvalue weighted by molar-refractivity contribution is -0.0503. The Labute approximate surface area is 201 Å². The third-order valence-corrected chi connectivity index (χ3v) is 8.07. The summed E-state index contributed by atoms with van der Waals surface area (Å²) in [5.74, 6) is 2.37. The number of nitrogens with one attached hydrogen (secondary N) is 1. The van der Waals surface area contributed by atoms with Crippen LogP contribution in [0.1, 0.15) is 54.7 Å². The lowest BCUT2D eigenvalue weighted by atomic mass is 9.49. The molecule has 4 fully saturated rings. The Morgan fingerprint density at radius 1 is 1.11 bits per heavy atom. The molecule has 2 N–H and O–H groups in total. The van der Waals surface area contributed by atoms with E-state index in [2.05, 4.69) is 15.0 Å². The van der Waals surface area contributed by atoms with Crippen molar-refractivity contribution in [3.8, 4) is 5.75 Å². The van der Waals surface area contributed by atoms with Crippen LogP contribution < -0.4 is 15.6 Å². The number of fused-ring (bicyclic) bond motifs is 1. The van der Waals surface area contributed by atoms with Crippen molar-refractivity contribution >= 4 is 17.7 Å². The number of ether oxygens (including phenoxy) is 1. The van der Waals surface area contributed by atoms with Gasteiger partial charge in [-0.2, -0.15) is 0 Å². The Morgan fingerprint density at radius 2 is 1.83 bits per heavy atom. The van der Waals surface area contributed by atoms with Gasteiger partial charge in [-0.1, -0.05) is 6.07 Å². The molecule has 4 aliphatic rings. The number of carboxylic acid groups (broad SMARTS) is 1. The van der Waals surface area contributed by atoms with Crippen molar-refractivity contribution in [3.63, 3.8) is 0 Å². The highest BCUT2D eigenvalue weighted by atomic mass is 16.7. The lowest BCUT2D eigenvalue weighted by Gasteiger charge is -2.56. The van der Waals surface area contributed by atoms with Crippen molar-refractivity contribution in [1.29, 1.82) is 0 Å². The van der Waals surface area contributed by atoms with E-state index in [9.17, 15) is 14.4 Å². The highest BCUT2D eigenvalue weighted by Gasteiger charge is 2.50. The van der Waals surface area contributed by atoms with E-state index in [0.29, 0.717) is 17.0 Å². The Kier molecular flexibility index (Phi) is 5.16. The minimum Gasteiger partial charge on any atom is -0.449 e. The molecule has 35 heavy (non-hydrogen) atoms. The molecule has 9 heteroatoms. The smallest absolute Gasteiger partial charge is 0.449 e. The standard InChI is InChI=1S/C26H28N4O5/c31-23-9-20(35-25(33)34)4-5-29(23)13-19-14-30-21(2-1-3-22(30)28-19)24(32)27-15-26-10-16-6-17(11-26)8-18(7-16)12-26/h1-5,9,14,16-18H,6-8,10-13,15H2,(H,27,32)(H,33,34). The molecule has 9 nitrogen and oxygen atoms in total. The first-order chi connectivity index (χ1) is 16.9. The summed E-state index contributed by atoms with van der Waals surface area (Å²) >= 11 is 0. The molecule has 3 heterocycles. The van der Waals surface area contributed by atoms with Crippen LogP contribution in [0.4, 0.5) is 4.79 Å². The number of carbonyl (C=O) groups is 2. The van der Waals surface area contributed by atoms with Crippen molar-refractivity contribution in [2.24, 2.45) is 23.2 Å². The first-order valence-electron chi connectivity index (χ1n) is 12.2. The van der Waals surface area contributed by atoms with E-state index in [0.717, 1.165) is 30.4 Å². The van der Waals surface area contributed by atoms with Gasteiger partial charge < -0.3 is 19.7 Å². The number of carbonyl (C=O) groups excluding carboxylic acids is 1. The van der Waals surface area contributed by atoms with Crippen molar-refractivity contribution in [1.82, 2.24) is 19.3 Å². The van der Waals surface area contributed by atoms with Crippen molar-refractivity contribution < 1.29 is 19.4 Å². The van der Waals surface area contributed by atoms with Gasteiger partial charge in [0.05, 0.1) is 12.2 Å². The molecule has 182 valence electrons. The van der Waals surface area contributed by atoms with Gasteiger partial charge >= 0.3 is 6.16 Å². The number of nitrogens with zero attached hydrogens (tertiary/aromatic N) is 3. The summed E-state index contributed by atoms with van der Waals surface area (Å²) in [6, 6.07) is 7.96. The Hall–Kier alpha value is -3.62. The molecular formula is C26H28N4O5. The van der Waals surface area contributed by atoms with Crippen LogP contribution in [0.15, 0.2) is 47.5 Å². The van der Waals surface area contributed by atoms with Crippen LogP contribution in [0, 0.1) is 23.2 Å². The minimum absolute atomic E-state index is 0.0354. The lowest BCUT2D eigenvalue weighted by Crippen LogP contribution is -2.51. The Morgan fingerprint density at radius 3 is 2.49 bits per heavy atom. The van der Waals surface area contributed by atoms with E-state index in [1.54, 1.807) is 16.7 Å². The van der Waals surface area contributed by atoms with Crippen molar-refractivity contribution in [2.75, 3.05) is 6.54 Å². The maximum absolute atomic E-state index is 13.2. The number of pyridine rings is 2. The first-order valence-corrected chi connectivity index (χ1v) is 12.2. The van der Waals surface area contributed by atoms with Crippen LogP contribution in [0.25, 0.3) is 5.65 Å². The largest absolute Gasteiger partial charge is 0.511 e. The molecule has 4 bridgehead atoms. The summed E-state index contributed by atoms with van der Waals surface area (Å²) in [6.07, 6.45) is 9.61. The molecule has 0 saturated heterocycles. The normalized spacial score (nSPS) is 26.7. The third kappa shape index (κ3) is 4.19. The molecule has 0 aromatic carbocycles. The van der Waals surface area contributed by atoms with Gasteiger partial charge in [-0.05, 0) is 79.9 Å². The zero-order chi connectivity index (χ0) is 24.2. The van der Waals surface area contributed by atoms with Gasteiger partial charge in [-0.15, -0.1) is 0 Å². The van der Waals surface area contributed by atoms with Gasteiger partial charge in [0.1, 0.15) is 17.1 Å². The second kappa shape index (κ2) is 8.25. The summed E-state index contributed by atoms with van der Waals surface area (Å²) < 4.78 is 7.70. The molecule has 4 aliphatic carbocycles. The van der Waals surface area contributed by atoms with Gasteiger partial charge in [-0.3, -0.25) is 14.0 Å². The second-order valence-corrected chi connectivity index (χ2v) is 10.7. The number of hydrogen-bond acceptors (Lipinski definition) is 5. The van der Waals surface area contributed by atoms with Crippen LogP contribution in [0.3, 0.4) is 0 Å². The predicted octanol–water partition coefficient (Wildman–Crippen LogP) is 3.55. The third-order valence-electron chi connectivity index (χ3n) is 8.07. The highest BCUT2D eigenvalue weighted by Crippen LogP contribution is 2.59. The van der Waals surface area contributed by atoms with Crippen LogP contribution in [-0.4, -0.2) is 37.7 Å². The van der Waals surface area contributed by atoms with Crippen molar-refractivity contribution in [3.05, 3.63) is 64.5 Å². The molecule has 0 aliphatic heterocycles. The van der Waals surface area contributed by atoms with E-state index in [1.165, 1.54) is 55.4 Å². The molecular weight excluding hydrogens is 448 g/mol. The second-order valence-electron chi connectivity index (χ2n) is 10.7. The maximum atomic E-state index is 13.2. The minimum atomic E-state index is -1.48. The SMILES string of the molecule is O=C(O)Oc1ccn(Cc2cn3c(C(=O)NCC45CC6CC(CC(C6)C4)C5)cccc3n2)c(=O)c1. The zero-order valence-electron chi connectivity index (χ0n) is 19.4. The quantitative estimate of drug-likeness (QED) is 0.526. The first kappa shape index (κ1) is 21.9. The number of rotatable bonds is 6. The van der Waals surface area contributed by atoms with Crippen LogP contribution >= 0.6 is 0 Å². The summed E-state index contributed by atoms with van der Waals surface area (Å²) in [7, 11) is 0. The number of aromatic nitrogens is 3. The predicted molar refractivity (Wildman–Crippen MR) is 127 cm³/mol. The van der Waals surface area contributed by atoms with Crippen molar-refractivity contribution in [2.45, 2.75) is 45.1 Å². The molecule has 0 atom stereocenters. The van der Waals surface area contributed by atoms with Gasteiger partial charge in [0.2, 0.25) is 0 Å². The Bertz CT molecular complexity index is 1340. The maximum Gasteiger partial charge on any atom is 0.511 e. The van der Waals surface area contributed by atoms with Crippen LogP contribution in [-0.2, 0) is 6.54 Å². The molecule has 0 radical (unpaired) electrons. The molecule has 3 aromatic heterocycles. The van der Waals surface area contributed by atoms with E-state index >= 15 is 0 Å². The monoisotopic (exact) mass is 476 g/mol. The fourth-order valence-corrected chi connectivity index (χ4v) is 7.15. The number of hydrogen-bond donors (Lipinski definition) is 2. The Balaban J connectivity index is 1.18. The number of amides is 1. The molecule has 0 unspecified atom stereocenters. The molecule has 3 aromatic rings. The molecule has 4 saturated carbocycles. The molecule has 0 spiro atoms. The average molecular weight is 477 g/mol. The highest BCUT2D eigenvalue weighted by molar-refractivity contribution is 5.93. The fraction of sp³-hybridized carbons (Fsp3) is 0.462. The van der Waals surface area contributed by atoms with E-state index in [4.69, 9.17) is 5.11 Å². The van der Waals surface area contributed by atoms with E-state index in [1.807, 2.05) is 12.1 Å². The van der Waals surface area contributed by atoms with Gasteiger partial charge in [0.25, 0.3) is 11.5 Å². The van der Waals surface area contributed by atoms with Gasteiger partial charge in [0.15, 0.2) is 0 Å². The van der Waals surface area contributed by atoms with Crippen LogP contribution in [0.5, 0.6) is 5.75 Å². The van der Waals surface area contributed by atoms with E-state index in [-0.39, 0.29) is 23.6 Å². The topological polar surface area (TPSA) is 115 Å². The number of imidazole rings is 1. The summed E-state index contributed by atoms with van der Waals surface area (Å²) in [5, 5.41) is 11.9. The van der Waals surface area contributed by atoms with Gasteiger partial charge in [0, 0.05) is 25.0 Å². The summed E-state index contributed by atoms with van der Waals surface area (Å²) in [4.78, 5) is 40.8. The zero-order valence-corrected chi connectivity index (χ0v) is 19.4. The summed E-state index contributed by atoms with van der Waals surface area (Å²) in [6.45, 7) is 0.912.